The number of nitrogens with one attached hydrogen (secondary N) is 1. The predicted octanol–water partition coefficient (Wildman–Crippen LogP) is 0.251. The lowest BCUT2D eigenvalue weighted by Gasteiger charge is -2.11. The Hall–Kier alpha value is -1.27. The summed E-state index contributed by atoms with van der Waals surface area (Å²) < 4.78 is 24.2. The fraction of sp³-hybridized carbons (Fsp3) is 0.400. The molecule has 0 radical (unpaired) electrons. The minimum absolute atomic E-state index is 0.327. The molecule has 16 heavy (non-hydrogen) atoms. The van der Waals surface area contributed by atoms with Crippen LogP contribution in [0.2, 0.25) is 0 Å². The van der Waals surface area contributed by atoms with Crippen molar-refractivity contribution in [2.75, 3.05) is 24.3 Å². The molecule has 0 heterocycles. The van der Waals surface area contributed by atoms with Crippen LogP contribution >= 0.6 is 0 Å². The van der Waals surface area contributed by atoms with Crippen LogP contribution in [0.4, 0.5) is 11.4 Å². The van der Waals surface area contributed by atoms with Gasteiger partial charge >= 0.3 is 0 Å². The molecule has 0 saturated carbocycles. The molecule has 0 unspecified atom stereocenters. The van der Waals surface area contributed by atoms with E-state index in [1.165, 1.54) is 0 Å². The molecule has 5 nitrogen and oxygen atoms in total. The molecule has 0 aliphatic carbocycles. The first-order valence-corrected chi connectivity index (χ1v) is 6.78. The maximum Gasteiger partial charge on any atom is 0.208 e. The summed E-state index contributed by atoms with van der Waals surface area (Å²) in [7, 11) is -3.15. The Morgan fingerprint density at radius 2 is 1.81 bits per heavy atom. The first-order valence-electron chi connectivity index (χ1n) is 4.89. The average Bonchev–Trinajstić information content (AvgIpc) is 2.16. The molecular weight excluding hydrogens is 226 g/mol. The highest BCUT2D eigenvalue weighted by Gasteiger charge is 2.07. The summed E-state index contributed by atoms with van der Waals surface area (Å²) in [5.41, 5.74) is 14.7. The van der Waals surface area contributed by atoms with Gasteiger partial charge in [0.05, 0.1) is 6.26 Å². The van der Waals surface area contributed by atoms with E-state index >= 15 is 0 Å². The lowest BCUT2D eigenvalue weighted by Crippen LogP contribution is -2.24. The van der Waals surface area contributed by atoms with Crippen LogP contribution in [0.3, 0.4) is 0 Å². The van der Waals surface area contributed by atoms with Gasteiger partial charge in [0.2, 0.25) is 10.0 Å². The Morgan fingerprint density at radius 1 is 1.25 bits per heavy atom. The van der Waals surface area contributed by atoms with E-state index in [1.807, 2.05) is 6.92 Å². The fourth-order valence-electron chi connectivity index (χ4n) is 1.49. The molecular formula is C10H17N3O2S. The monoisotopic (exact) mass is 243 g/mol. The van der Waals surface area contributed by atoms with Crippen LogP contribution in [0.15, 0.2) is 12.1 Å². The maximum atomic E-state index is 10.9. The van der Waals surface area contributed by atoms with Crippen LogP contribution in [0.5, 0.6) is 0 Å². The average molecular weight is 243 g/mol. The molecule has 1 aromatic rings. The van der Waals surface area contributed by atoms with Crippen molar-refractivity contribution in [1.82, 2.24) is 4.72 Å². The number of hydrogen-bond acceptors (Lipinski definition) is 4. The van der Waals surface area contributed by atoms with Crippen molar-refractivity contribution in [3.05, 3.63) is 23.3 Å². The van der Waals surface area contributed by atoms with E-state index in [4.69, 9.17) is 11.5 Å². The standard InChI is InChI=1S/C10H17N3O2S/c1-7-8(5-6-13-16(2,14)15)10(12)4-3-9(7)11/h3-4,13H,5-6,11-12H2,1-2H3. The van der Waals surface area contributed by atoms with Crippen LogP contribution in [-0.2, 0) is 16.4 Å². The van der Waals surface area contributed by atoms with Crippen molar-refractivity contribution < 1.29 is 8.42 Å². The van der Waals surface area contributed by atoms with E-state index in [-0.39, 0.29) is 0 Å². The van der Waals surface area contributed by atoms with Gasteiger partial charge in [0.25, 0.3) is 0 Å². The highest BCUT2D eigenvalue weighted by Crippen LogP contribution is 2.22. The van der Waals surface area contributed by atoms with Crippen molar-refractivity contribution in [3.8, 4) is 0 Å². The second-order valence-corrected chi connectivity index (χ2v) is 5.60. The number of hydrogen-bond donors (Lipinski definition) is 3. The third-order valence-electron chi connectivity index (χ3n) is 2.42. The van der Waals surface area contributed by atoms with Gasteiger partial charge in [-0.3, -0.25) is 0 Å². The van der Waals surface area contributed by atoms with Crippen molar-refractivity contribution in [2.45, 2.75) is 13.3 Å². The summed E-state index contributed by atoms with van der Waals surface area (Å²) in [6.45, 7) is 2.20. The molecule has 5 N–H and O–H groups in total. The molecule has 0 saturated heterocycles. The first-order chi connectivity index (χ1) is 7.31. The molecule has 0 atom stereocenters. The van der Waals surface area contributed by atoms with Gasteiger partial charge in [-0.2, -0.15) is 0 Å². The molecule has 0 aliphatic heterocycles. The summed E-state index contributed by atoms with van der Waals surface area (Å²) in [5.74, 6) is 0. The molecule has 0 aromatic heterocycles. The Morgan fingerprint density at radius 3 is 2.38 bits per heavy atom. The van der Waals surface area contributed by atoms with Gasteiger partial charge in [-0.15, -0.1) is 0 Å². The molecule has 0 fully saturated rings. The third kappa shape index (κ3) is 3.39. The number of benzene rings is 1. The van der Waals surface area contributed by atoms with E-state index in [0.29, 0.717) is 24.3 Å². The summed E-state index contributed by atoms with van der Waals surface area (Å²) >= 11 is 0. The van der Waals surface area contributed by atoms with Gasteiger partial charge in [-0.25, -0.2) is 13.1 Å². The zero-order valence-electron chi connectivity index (χ0n) is 9.45. The first kappa shape index (κ1) is 12.8. The second-order valence-electron chi connectivity index (χ2n) is 3.76. The normalized spacial score (nSPS) is 11.6. The van der Waals surface area contributed by atoms with Crippen molar-refractivity contribution in [2.24, 2.45) is 0 Å². The zero-order valence-corrected chi connectivity index (χ0v) is 10.3. The zero-order chi connectivity index (χ0) is 12.3. The highest BCUT2D eigenvalue weighted by atomic mass is 32.2. The topological polar surface area (TPSA) is 98.2 Å². The van der Waals surface area contributed by atoms with Crippen LogP contribution in [0.25, 0.3) is 0 Å². The number of nitrogens with two attached hydrogens (primary N) is 2. The molecule has 0 bridgehead atoms. The molecule has 1 aromatic carbocycles. The van der Waals surface area contributed by atoms with Crippen LogP contribution in [0, 0.1) is 6.92 Å². The lowest BCUT2D eigenvalue weighted by molar-refractivity contribution is 0.588. The SMILES string of the molecule is Cc1c(N)ccc(N)c1CCNS(C)(=O)=O. The van der Waals surface area contributed by atoms with Crippen LogP contribution < -0.4 is 16.2 Å². The van der Waals surface area contributed by atoms with Crippen LogP contribution in [0.1, 0.15) is 11.1 Å². The molecule has 90 valence electrons. The van der Waals surface area contributed by atoms with E-state index < -0.39 is 10.0 Å². The lowest BCUT2D eigenvalue weighted by atomic mass is 10.0. The van der Waals surface area contributed by atoms with Gasteiger partial charge in [-0.05, 0) is 36.6 Å². The molecule has 1 rings (SSSR count). The van der Waals surface area contributed by atoms with Gasteiger partial charge in [0.15, 0.2) is 0 Å². The highest BCUT2D eigenvalue weighted by molar-refractivity contribution is 7.88. The molecule has 6 heteroatoms. The number of rotatable bonds is 4. The summed E-state index contributed by atoms with van der Waals surface area (Å²) in [5, 5.41) is 0. The van der Waals surface area contributed by atoms with E-state index in [1.54, 1.807) is 12.1 Å². The van der Waals surface area contributed by atoms with E-state index in [0.717, 1.165) is 17.4 Å². The van der Waals surface area contributed by atoms with Crippen molar-refractivity contribution in [1.29, 1.82) is 0 Å². The predicted molar refractivity (Wildman–Crippen MR) is 66.6 cm³/mol. The van der Waals surface area contributed by atoms with Gasteiger partial charge in [0, 0.05) is 17.9 Å². The van der Waals surface area contributed by atoms with E-state index in [2.05, 4.69) is 4.72 Å². The van der Waals surface area contributed by atoms with Crippen molar-refractivity contribution >= 4 is 21.4 Å². The maximum absolute atomic E-state index is 10.9. The van der Waals surface area contributed by atoms with Crippen molar-refractivity contribution in [3.63, 3.8) is 0 Å². The number of nitrogen functional groups attached to an aromatic ring is 2. The molecule has 0 spiro atoms. The minimum atomic E-state index is -3.15. The Labute approximate surface area is 95.9 Å². The largest absolute Gasteiger partial charge is 0.399 e. The number of sulfonamides is 1. The van der Waals surface area contributed by atoms with Gasteiger partial charge < -0.3 is 11.5 Å². The number of anilines is 2. The Kier molecular flexibility index (Phi) is 3.77. The molecule has 0 amide bonds. The smallest absolute Gasteiger partial charge is 0.208 e. The Bertz CT molecular complexity index is 483. The second kappa shape index (κ2) is 4.71. The van der Waals surface area contributed by atoms with E-state index in [9.17, 15) is 8.42 Å². The van der Waals surface area contributed by atoms with Gasteiger partial charge in [0.1, 0.15) is 0 Å². The fourth-order valence-corrected chi connectivity index (χ4v) is 1.96. The summed E-state index contributed by atoms with van der Waals surface area (Å²) in [6.07, 6.45) is 1.67. The van der Waals surface area contributed by atoms with Gasteiger partial charge in [-0.1, -0.05) is 0 Å². The Balaban J connectivity index is 2.78. The minimum Gasteiger partial charge on any atom is -0.399 e. The third-order valence-corrected chi connectivity index (χ3v) is 3.14. The molecule has 0 aliphatic rings. The summed E-state index contributed by atoms with van der Waals surface area (Å²) in [6, 6.07) is 3.48. The quantitative estimate of drug-likeness (QED) is 0.660. The summed E-state index contributed by atoms with van der Waals surface area (Å²) in [4.78, 5) is 0. The van der Waals surface area contributed by atoms with Crippen LogP contribution in [-0.4, -0.2) is 21.2 Å².